The van der Waals surface area contributed by atoms with E-state index in [1.807, 2.05) is 6.92 Å². The van der Waals surface area contributed by atoms with Crippen molar-refractivity contribution >= 4 is 29.3 Å². The Morgan fingerprint density at radius 3 is 2.43 bits per heavy atom. The lowest BCUT2D eigenvalue weighted by Gasteiger charge is -2.29. The van der Waals surface area contributed by atoms with E-state index in [9.17, 15) is 14.4 Å². The predicted octanol–water partition coefficient (Wildman–Crippen LogP) is 2.60. The molecule has 0 bridgehead atoms. The first-order valence-corrected chi connectivity index (χ1v) is 9.20. The predicted molar refractivity (Wildman–Crippen MR) is 106 cm³/mol. The van der Waals surface area contributed by atoms with E-state index in [0.29, 0.717) is 18.8 Å². The summed E-state index contributed by atoms with van der Waals surface area (Å²) in [5, 5.41) is 5.37. The van der Waals surface area contributed by atoms with Gasteiger partial charge in [-0.2, -0.15) is 0 Å². The van der Waals surface area contributed by atoms with Crippen molar-refractivity contribution in [3.8, 4) is 0 Å². The van der Waals surface area contributed by atoms with Gasteiger partial charge < -0.3 is 25.0 Å². The highest BCUT2D eigenvalue weighted by molar-refractivity contribution is 6.00. The quantitative estimate of drug-likeness (QED) is 0.822. The van der Waals surface area contributed by atoms with Crippen LogP contribution in [0.4, 0.5) is 16.2 Å². The number of rotatable bonds is 4. The Bertz CT molecular complexity index is 768. The van der Waals surface area contributed by atoms with Gasteiger partial charge in [0.15, 0.2) is 0 Å². The number of aryl methyl sites for hydroxylation is 1. The molecule has 0 radical (unpaired) electrons. The maximum atomic E-state index is 12.6. The molecule has 1 fully saturated rings. The fourth-order valence-corrected chi connectivity index (χ4v) is 2.71. The van der Waals surface area contributed by atoms with E-state index >= 15 is 0 Å². The molecule has 0 aromatic heterocycles. The molecule has 28 heavy (non-hydrogen) atoms. The third-order valence-electron chi connectivity index (χ3n) is 4.11. The van der Waals surface area contributed by atoms with Crippen LogP contribution in [0.1, 0.15) is 40.2 Å². The van der Waals surface area contributed by atoms with Crippen LogP contribution in [0.25, 0.3) is 0 Å². The summed E-state index contributed by atoms with van der Waals surface area (Å²) in [6, 6.07) is 5.31. The van der Waals surface area contributed by atoms with Gasteiger partial charge in [0.1, 0.15) is 17.7 Å². The van der Waals surface area contributed by atoms with Crippen LogP contribution in [0.3, 0.4) is 0 Å². The Morgan fingerprint density at radius 2 is 1.86 bits per heavy atom. The molecule has 0 spiro atoms. The zero-order chi connectivity index (χ0) is 21.1. The fraction of sp³-hybridized carbons (Fsp3) is 0.550. The van der Waals surface area contributed by atoms with Crippen molar-refractivity contribution < 1.29 is 23.9 Å². The van der Waals surface area contributed by atoms with E-state index in [1.165, 1.54) is 0 Å². The van der Waals surface area contributed by atoms with Crippen LogP contribution in [0.15, 0.2) is 18.2 Å². The van der Waals surface area contributed by atoms with E-state index < -0.39 is 17.2 Å². The molecule has 2 rings (SSSR count). The smallest absolute Gasteiger partial charge is 0.408 e. The van der Waals surface area contributed by atoms with Crippen molar-refractivity contribution in [3.63, 3.8) is 0 Å². The number of carbonyl (C=O) groups is 3. The van der Waals surface area contributed by atoms with Gasteiger partial charge >= 0.3 is 6.09 Å². The molecule has 8 heteroatoms. The minimum atomic E-state index is -1.17. The molecule has 8 nitrogen and oxygen atoms in total. The lowest BCUT2D eigenvalue weighted by molar-refractivity contribution is -0.125. The Balaban J connectivity index is 2.06. The zero-order valence-corrected chi connectivity index (χ0v) is 17.3. The molecule has 0 unspecified atom stereocenters. The average Bonchev–Trinajstić information content (AvgIpc) is 2.53. The number of amides is 3. The van der Waals surface area contributed by atoms with Crippen LogP contribution < -0.4 is 15.5 Å². The summed E-state index contributed by atoms with van der Waals surface area (Å²) in [6.45, 7) is 11.4. The Morgan fingerprint density at radius 1 is 1.18 bits per heavy atom. The van der Waals surface area contributed by atoms with E-state index in [2.05, 4.69) is 10.6 Å². The zero-order valence-electron chi connectivity index (χ0n) is 17.3. The number of alkyl carbamates (subject to hydrolysis) is 1. The second-order valence-electron chi connectivity index (χ2n) is 8.31. The number of hydrogen-bond donors (Lipinski definition) is 2. The number of nitrogens with zero attached hydrogens (tertiary/aromatic N) is 1. The first kappa shape index (κ1) is 21.7. The summed E-state index contributed by atoms with van der Waals surface area (Å²) in [7, 11) is 0. The average molecular weight is 391 g/mol. The van der Waals surface area contributed by atoms with E-state index in [4.69, 9.17) is 9.47 Å². The van der Waals surface area contributed by atoms with Gasteiger partial charge in [0.2, 0.25) is 5.91 Å². The topological polar surface area (TPSA) is 97.0 Å². The van der Waals surface area contributed by atoms with Gasteiger partial charge in [-0.25, -0.2) is 4.79 Å². The summed E-state index contributed by atoms with van der Waals surface area (Å²) in [4.78, 5) is 38.3. The Kier molecular flexibility index (Phi) is 6.34. The van der Waals surface area contributed by atoms with Crippen LogP contribution in [0, 0.1) is 6.92 Å². The molecule has 0 aliphatic carbocycles. The second kappa shape index (κ2) is 8.18. The summed E-state index contributed by atoms with van der Waals surface area (Å²) in [6.07, 6.45) is -0.662. The Labute approximate surface area is 165 Å². The number of hydrogen-bond acceptors (Lipinski definition) is 5. The number of carbonyl (C=O) groups excluding carboxylic acids is 3. The highest BCUT2D eigenvalue weighted by Crippen LogP contribution is 2.25. The first-order valence-electron chi connectivity index (χ1n) is 9.20. The summed E-state index contributed by atoms with van der Waals surface area (Å²) in [5.41, 5.74) is 0.393. The molecule has 1 saturated heterocycles. The van der Waals surface area contributed by atoms with Crippen LogP contribution >= 0.6 is 0 Å². The van der Waals surface area contributed by atoms with Crippen LogP contribution in [0.5, 0.6) is 0 Å². The molecule has 0 saturated carbocycles. The highest BCUT2D eigenvalue weighted by atomic mass is 16.6. The van der Waals surface area contributed by atoms with Crippen molar-refractivity contribution in [2.75, 3.05) is 30.0 Å². The van der Waals surface area contributed by atoms with Gasteiger partial charge in [-0.3, -0.25) is 9.59 Å². The van der Waals surface area contributed by atoms with Gasteiger partial charge in [-0.1, -0.05) is 0 Å². The second-order valence-corrected chi connectivity index (χ2v) is 8.31. The first-order chi connectivity index (χ1) is 12.9. The van der Waals surface area contributed by atoms with Crippen LogP contribution in [-0.2, 0) is 19.1 Å². The normalized spacial score (nSPS) is 15.2. The molecule has 0 atom stereocenters. The molecule has 2 N–H and O–H groups in total. The third-order valence-corrected chi connectivity index (χ3v) is 4.11. The summed E-state index contributed by atoms with van der Waals surface area (Å²) < 4.78 is 10.4. The van der Waals surface area contributed by atoms with E-state index in [-0.39, 0.29) is 18.4 Å². The van der Waals surface area contributed by atoms with Crippen molar-refractivity contribution in [2.45, 2.75) is 52.7 Å². The maximum absolute atomic E-state index is 12.6. The van der Waals surface area contributed by atoms with Gasteiger partial charge in [0.05, 0.1) is 6.61 Å². The maximum Gasteiger partial charge on any atom is 0.408 e. The monoisotopic (exact) mass is 391 g/mol. The number of benzene rings is 1. The molecule has 154 valence electrons. The molecule has 1 heterocycles. The van der Waals surface area contributed by atoms with Gasteiger partial charge in [0.25, 0.3) is 5.91 Å². The van der Waals surface area contributed by atoms with Gasteiger partial charge in [0, 0.05) is 17.9 Å². The number of anilines is 2. The van der Waals surface area contributed by atoms with Crippen molar-refractivity contribution in [3.05, 3.63) is 23.8 Å². The molecular weight excluding hydrogens is 362 g/mol. The largest absolute Gasteiger partial charge is 0.444 e. The molecule has 1 aromatic carbocycles. The van der Waals surface area contributed by atoms with Gasteiger partial charge in [-0.05, 0) is 65.3 Å². The summed E-state index contributed by atoms with van der Waals surface area (Å²) in [5.74, 6) is -0.471. The highest BCUT2D eigenvalue weighted by Gasteiger charge is 2.32. The summed E-state index contributed by atoms with van der Waals surface area (Å²) >= 11 is 0. The van der Waals surface area contributed by atoms with Crippen LogP contribution in [0.2, 0.25) is 0 Å². The van der Waals surface area contributed by atoms with Crippen molar-refractivity contribution in [2.24, 2.45) is 0 Å². The number of nitrogens with one attached hydrogen (secondary N) is 2. The lowest BCUT2D eigenvalue weighted by atomic mass is 10.0. The number of ether oxygens (including phenoxy) is 2. The third kappa shape index (κ3) is 5.69. The fourth-order valence-electron chi connectivity index (χ4n) is 2.71. The van der Waals surface area contributed by atoms with Crippen molar-refractivity contribution in [1.82, 2.24) is 5.32 Å². The minimum Gasteiger partial charge on any atom is -0.444 e. The van der Waals surface area contributed by atoms with E-state index in [1.54, 1.807) is 57.7 Å². The SMILES string of the molecule is Cc1cc(NC(=O)C(C)(C)NC(=O)OC(C)(C)C)ccc1N1CCOCC1=O. The molecule has 1 aliphatic heterocycles. The lowest BCUT2D eigenvalue weighted by Crippen LogP contribution is -2.53. The molecule has 1 aliphatic rings. The number of morpholine rings is 1. The molecule has 1 aromatic rings. The standard InChI is InChI=1S/C20H29N3O5/c1-13-11-14(7-8-15(13)23-9-10-27-12-16(23)24)21-17(25)20(5,6)22-18(26)28-19(2,3)4/h7-8,11H,9-10,12H2,1-6H3,(H,21,25)(H,22,26). The van der Waals surface area contributed by atoms with E-state index in [0.717, 1.165) is 11.3 Å². The Hall–Kier alpha value is -2.61. The minimum absolute atomic E-state index is 0.0719. The molecule has 3 amide bonds. The molecular formula is C20H29N3O5. The van der Waals surface area contributed by atoms with Crippen molar-refractivity contribution in [1.29, 1.82) is 0 Å². The van der Waals surface area contributed by atoms with Crippen LogP contribution in [-0.4, -0.2) is 48.8 Å². The van der Waals surface area contributed by atoms with Gasteiger partial charge in [-0.15, -0.1) is 0 Å².